The van der Waals surface area contributed by atoms with E-state index in [0.29, 0.717) is 5.54 Å². The highest BCUT2D eigenvalue weighted by atomic mass is 15.1. The summed E-state index contributed by atoms with van der Waals surface area (Å²) >= 11 is 0. The van der Waals surface area contributed by atoms with E-state index in [4.69, 9.17) is 0 Å². The first-order valence-corrected chi connectivity index (χ1v) is 7.15. The van der Waals surface area contributed by atoms with E-state index in [-0.39, 0.29) is 0 Å². The smallest absolute Gasteiger partial charge is 0.0153 e. The van der Waals surface area contributed by atoms with Crippen LogP contribution in [0.15, 0.2) is 0 Å². The molecule has 1 saturated carbocycles. The summed E-state index contributed by atoms with van der Waals surface area (Å²) in [4.78, 5) is 2.56. The second kappa shape index (κ2) is 5.50. The summed E-state index contributed by atoms with van der Waals surface area (Å²) < 4.78 is 0. The Balaban J connectivity index is 1.66. The molecule has 1 heterocycles. The number of piperidine rings is 1. The van der Waals surface area contributed by atoms with Crippen LogP contribution in [-0.2, 0) is 0 Å². The fraction of sp³-hybridized carbons (Fsp3) is 1.00. The summed E-state index contributed by atoms with van der Waals surface area (Å²) in [5, 5.41) is 3.80. The average Bonchev–Trinajstić information content (AvgIpc) is 2.68. The van der Waals surface area contributed by atoms with Gasteiger partial charge < -0.3 is 10.2 Å². The molecule has 0 aromatic heterocycles. The van der Waals surface area contributed by atoms with Gasteiger partial charge in [0.1, 0.15) is 0 Å². The Hall–Kier alpha value is -0.0800. The van der Waals surface area contributed by atoms with E-state index in [1.807, 2.05) is 0 Å². The van der Waals surface area contributed by atoms with E-state index < -0.39 is 0 Å². The maximum Gasteiger partial charge on any atom is 0.0153 e. The van der Waals surface area contributed by atoms with Crippen molar-refractivity contribution in [2.24, 2.45) is 0 Å². The van der Waals surface area contributed by atoms with Gasteiger partial charge in [0, 0.05) is 11.6 Å². The predicted molar refractivity (Wildman–Crippen MR) is 69.8 cm³/mol. The van der Waals surface area contributed by atoms with Crippen molar-refractivity contribution < 1.29 is 0 Å². The first-order valence-electron chi connectivity index (χ1n) is 7.15. The van der Waals surface area contributed by atoms with Crippen LogP contribution in [-0.4, -0.2) is 36.6 Å². The van der Waals surface area contributed by atoms with Crippen LogP contribution in [0, 0.1) is 0 Å². The van der Waals surface area contributed by atoms with Gasteiger partial charge in [0.05, 0.1) is 0 Å². The maximum absolute atomic E-state index is 3.80. The maximum atomic E-state index is 3.80. The standard InChI is InChI=1S/C14H28N2/c1-14(9-4-5-10-14)15-11-8-13-7-3-6-12-16(13)2/h13,15H,3-12H2,1-2H3. The highest BCUT2D eigenvalue weighted by Gasteiger charge is 2.28. The van der Waals surface area contributed by atoms with Crippen LogP contribution in [0.25, 0.3) is 0 Å². The van der Waals surface area contributed by atoms with Crippen LogP contribution in [0.4, 0.5) is 0 Å². The summed E-state index contributed by atoms with van der Waals surface area (Å²) in [6.45, 7) is 4.93. The molecule has 0 bridgehead atoms. The summed E-state index contributed by atoms with van der Waals surface area (Å²) in [6.07, 6.45) is 11.2. The van der Waals surface area contributed by atoms with Gasteiger partial charge in [0.2, 0.25) is 0 Å². The lowest BCUT2D eigenvalue weighted by Crippen LogP contribution is -2.43. The summed E-state index contributed by atoms with van der Waals surface area (Å²) in [7, 11) is 2.29. The number of nitrogens with zero attached hydrogens (tertiary/aromatic N) is 1. The fourth-order valence-electron chi connectivity index (χ4n) is 3.38. The summed E-state index contributed by atoms with van der Waals surface area (Å²) in [5.41, 5.74) is 0.466. The Morgan fingerprint density at radius 1 is 1.19 bits per heavy atom. The molecule has 0 aromatic carbocycles. The third-order valence-electron chi connectivity index (χ3n) is 4.66. The normalized spacial score (nSPS) is 30.8. The molecule has 1 saturated heterocycles. The number of nitrogens with one attached hydrogen (secondary N) is 1. The zero-order chi connectivity index (χ0) is 11.4. The third kappa shape index (κ3) is 3.21. The molecule has 1 aliphatic heterocycles. The molecule has 1 N–H and O–H groups in total. The van der Waals surface area contributed by atoms with Crippen molar-refractivity contribution in [2.45, 2.75) is 69.9 Å². The monoisotopic (exact) mass is 224 g/mol. The predicted octanol–water partition coefficient (Wildman–Crippen LogP) is 2.78. The average molecular weight is 224 g/mol. The van der Waals surface area contributed by atoms with Crippen molar-refractivity contribution in [1.82, 2.24) is 10.2 Å². The van der Waals surface area contributed by atoms with E-state index in [2.05, 4.69) is 24.2 Å². The number of rotatable bonds is 4. The molecule has 1 unspecified atom stereocenters. The molecule has 1 atom stereocenters. The molecular weight excluding hydrogens is 196 g/mol. The minimum absolute atomic E-state index is 0.466. The van der Waals surface area contributed by atoms with Gasteiger partial charge in [0.15, 0.2) is 0 Å². The van der Waals surface area contributed by atoms with Crippen LogP contribution >= 0.6 is 0 Å². The summed E-state index contributed by atoms with van der Waals surface area (Å²) in [6, 6.07) is 0.839. The molecule has 2 nitrogen and oxygen atoms in total. The first kappa shape index (κ1) is 12.4. The quantitative estimate of drug-likeness (QED) is 0.790. The van der Waals surface area contributed by atoms with Gasteiger partial charge in [-0.25, -0.2) is 0 Å². The van der Waals surface area contributed by atoms with E-state index in [1.165, 1.54) is 64.5 Å². The Labute approximate surface area is 101 Å². The van der Waals surface area contributed by atoms with Crippen molar-refractivity contribution in [3.8, 4) is 0 Å². The van der Waals surface area contributed by atoms with Gasteiger partial charge in [0.25, 0.3) is 0 Å². The van der Waals surface area contributed by atoms with Crippen LogP contribution in [0.3, 0.4) is 0 Å². The van der Waals surface area contributed by atoms with Gasteiger partial charge in [-0.2, -0.15) is 0 Å². The highest BCUT2D eigenvalue weighted by Crippen LogP contribution is 2.29. The zero-order valence-corrected chi connectivity index (χ0v) is 11.1. The van der Waals surface area contributed by atoms with E-state index in [1.54, 1.807) is 0 Å². The highest BCUT2D eigenvalue weighted by molar-refractivity contribution is 4.88. The first-order chi connectivity index (χ1) is 7.70. The molecule has 0 spiro atoms. The molecule has 0 amide bonds. The Bertz CT molecular complexity index is 209. The van der Waals surface area contributed by atoms with Gasteiger partial charge in [-0.05, 0) is 59.2 Å². The van der Waals surface area contributed by atoms with Gasteiger partial charge in [-0.15, -0.1) is 0 Å². The van der Waals surface area contributed by atoms with E-state index >= 15 is 0 Å². The molecule has 2 aliphatic rings. The molecule has 0 radical (unpaired) electrons. The number of likely N-dealkylation sites (tertiary alicyclic amines) is 1. The lowest BCUT2D eigenvalue weighted by molar-refractivity contribution is 0.171. The van der Waals surface area contributed by atoms with Crippen molar-refractivity contribution >= 4 is 0 Å². The largest absolute Gasteiger partial charge is 0.311 e. The van der Waals surface area contributed by atoms with Crippen molar-refractivity contribution in [1.29, 1.82) is 0 Å². The number of hydrogen-bond donors (Lipinski definition) is 1. The van der Waals surface area contributed by atoms with Gasteiger partial charge in [-0.3, -0.25) is 0 Å². The molecular formula is C14H28N2. The van der Waals surface area contributed by atoms with E-state index in [0.717, 1.165) is 6.04 Å². The van der Waals surface area contributed by atoms with Crippen molar-refractivity contribution in [3.05, 3.63) is 0 Å². The van der Waals surface area contributed by atoms with Crippen LogP contribution < -0.4 is 5.32 Å². The molecule has 1 aliphatic carbocycles. The Kier molecular flexibility index (Phi) is 4.26. The second-order valence-electron chi connectivity index (χ2n) is 6.11. The lowest BCUT2D eigenvalue weighted by Gasteiger charge is -2.34. The van der Waals surface area contributed by atoms with Crippen molar-refractivity contribution in [2.75, 3.05) is 20.1 Å². The van der Waals surface area contributed by atoms with Gasteiger partial charge in [-0.1, -0.05) is 19.3 Å². The minimum atomic E-state index is 0.466. The summed E-state index contributed by atoms with van der Waals surface area (Å²) in [5.74, 6) is 0. The minimum Gasteiger partial charge on any atom is -0.311 e. The van der Waals surface area contributed by atoms with Gasteiger partial charge >= 0.3 is 0 Å². The molecule has 0 aromatic rings. The SMILES string of the molecule is CN1CCCCC1CCNC1(C)CCCC1. The Morgan fingerprint density at radius 2 is 1.94 bits per heavy atom. The molecule has 2 heteroatoms. The molecule has 2 rings (SSSR count). The second-order valence-corrected chi connectivity index (χ2v) is 6.11. The van der Waals surface area contributed by atoms with Crippen LogP contribution in [0.5, 0.6) is 0 Å². The molecule has 16 heavy (non-hydrogen) atoms. The van der Waals surface area contributed by atoms with E-state index in [9.17, 15) is 0 Å². The third-order valence-corrected chi connectivity index (χ3v) is 4.66. The van der Waals surface area contributed by atoms with Crippen molar-refractivity contribution in [3.63, 3.8) is 0 Å². The molecule has 2 fully saturated rings. The topological polar surface area (TPSA) is 15.3 Å². The van der Waals surface area contributed by atoms with Crippen LogP contribution in [0.1, 0.15) is 58.3 Å². The zero-order valence-electron chi connectivity index (χ0n) is 11.1. The fourth-order valence-corrected chi connectivity index (χ4v) is 3.38. The lowest BCUT2D eigenvalue weighted by atomic mass is 9.97. The molecule has 94 valence electrons. The van der Waals surface area contributed by atoms with Crippen LogP contribution in [0.2, 0.25) is 0 Å². The Morgan fingerprint density at radius 3 is 2.62 bits per heavy atom. The number of hydrogen-bond acceptors (Lipinski definition) is 2.